The second-order valence-electron chi connectivity index (χ2n) is 4.79. The molecule has 22 heavy (non-hydrogen) atoms. The van der Waals surface area contributed by atoms with E-state index in [-0.39, 0.29) is 11.6 Å². The first-order chi connectivity index (χ1) is 10.7. The smallest absolute Gasteiger partial charge is 0.328 e. The lowest BCUT2D eigenvalue weighted by atomic mass is 10.1. The minimum absolute atomic E-state index is 0.274. The van der Waals surface area contributed by atoms with Crippen molar-refractivity contribution in [2.24, 2.45) is 0 Å². The van der Waals surface area contributed by atoms with Crippen molar-refractivity contribution in [2.45, 2.75) is 18.9 Å². The molecule has 0 unspecified atom stereocenters. The van der Waals surface area contributed by atoms with Crippen LogP contribution in [0.3, 0.4) is 0 Å². The van der Waals surface area contributed by atoms with Gasteiger partial charge in [0.1, 0.15) is 11.7 Å². The van der Waals surface area contributed by atoms with E-state index in [9.17, 15) is 9.59 Å². The Morgan fingerprint density at radius 2 is 1.86 bits per heavy atom. The van der Waals surface area contributed by atoms with E-state index in [1.807, 2.05) is 30.3 Å². The lowest BCUT2D eigenvalue weighted by Crippen LogP contribution is -2.42. The van der Waals surface area contributed by atoms with Gasteiger partial charge in [-0.25, -0.2) is 4.79 Å². The molecule has 5 heteroatoms. The topological polar surface area (TPSA) is 68.3 Å². The average molecular weight is 298 g/mol. The minimum atomic E-state index is -0.695. The van der Waals surface area contributed by atoms with Crippen LogP contribution in [0.25, 0.3) is 0 Å². The highest BCUT2D eigenvalue weighted by atomic mass is 16.5. The zero-order valence-electron chi connectivity index (χ0n) is 12.4. The van der Waals surface area contributed by atoms with Gasteiger partial charge >= 0.3 is 5.97 Å². The van der Waals surface area contributed by atoms with Crippen LogP contribution >= 0.6 is 0 Å². The number of ether oxygens (including phenoxy) is 1. The standard InChI is InChI=1S/C17H18N2O3/c1-22-17(21)15(11-10-13-7-3-2-4-8-13)19-16(20)14-9-5-6-12-18-14/h2-9,12,15H,10-11H2,1H3,(H,19,20)/t15-/m0/s1. The number of carbonyl (C=O) groups is 2. The largest absolute Gasteiger partial charge is 0.467 e. The predicted molar refractivity (Wildman–Crippen MR) is 82.3 cm³/mol. The molecule has 0 saturated heterocycles. The molecule has 0 saturated carbocycles. The van der Waals surface area contributed by atoms with Gasteiger partial charge in [0.25, 0.3) is 5.91 Å². The number of amides is 1. The Labute approximate surface area is 129 Å². The molecule has 5 nitrogen and oxygen atoms in total. The molecule has 0 aliphatic carbocycles. The van der Waals surface area contributed by atoms with Crippen LogP contribution in [0.1, 0.15) is 22.5 Å². The molecule has 1 N–H and O–H groups in total. The van der Waals surface area contributed by atoms with E-state index >= 15 is 0 Å². The molecule has 0 bridgehead atoms. The molecule has 1 aromatic heterocycles. The van der Waals surface area contributed by atoms with Crippen LogP contribution in [0.2, 0.25) is 0 Å². The number of aromatic nitrogens is 1. The first-order valence-electron chi connectivity index (χ1n) is 7.04. The number of rotatable bonds is 6. The molecule has 2 rings (SSSR count). The molecule has 0 fully saturated rings. The SMILES string of the molecule is COC(=O)[C@H](CCc1ccccc1)NC(=O)c1ccccn1. The summed E-state index contributed by atoms with van der Waals surface area (Å²) in [4.78, 5) is 27.9. The molecule has 0 spiro atoms. The van der Waals surface area contributed by atoms with Crippen molar-refractivity contribution in [1.29, 1.82) is 0 Å². The monoisotopic (exact) mass is 298 g/mol. The molecule has 1 atom stereocenters. The Morgan fingerprint density at radius 1 is 1.14 bits per heavy atom. The normalized spacial score (nSPS) is 11.5. The summed E-state index contributed by atoms with van der Waals surface area (Å²) in [5.74, 6) is -0.843. The zero-order chi connectivity index (χ0) is 15.8. The summed E-state index contributed by atoms with van der Waals surface area (Å²) < 4.78 is 4.76. The molecular weight excluding hydrogens is 280 g/mol. The van der Waals surface area contributed by atoms with Gasteiger partial charge in [-0.1, -0.05) is 36.4 Å². The van der Waals surface area contributed by atoms with Crippen molar-refractivity contribution in [2.75, 3.05) is 7.11 Å². The molecule has 0 aliphatic heterocycles. The van der Waals surface area contributed by atoms with Gasteiger partial charge in [-0.15, -0.1) is 0 Å². The highest BCUT2D eigenvalue weighted by Crippen LogP contribution is 2.07. The molecule has 1 amide bonds. The lowest BCUT2D eigenvalue weighted by molar-refractivity contribution is -0.143. The summed E-state index contributed by atoms with van der Waals surface area (Å²) in [5.41, 5.74) is 1.37. The summed E-state index contributed by atoms with van der Waals surface area (Å²) >= 11 is 0. The van der Waals surface area contributed by atoms with Crippen LogP contribution in [-0.4, -0.2) is 30.0 Å². The van der Waals surface area contributed by atoms with E-state index in [0.717, 1.165) is 5.56 Å². The highest BCUT2D eigenvalue weighted by molar-refractivity contribution is 5.95. The Balaban J connectivity index is 2.00. The summed E-state index contributed by atoms with van der Waals surface area (Å²) in [6, 6.07) is 14.1. The van der Waals surface area contributed by atoms with Gasteiger partial charge in [0.15, 0.2) is 0 Å². The summed E-state index contributed by atoms with van der Waals surface area (Å²) in [6.45, 7) is 0. The number of pyridine rings is 1. The van der Waals surface area contributed by atoms with Crippen LogP contribution in [0, 0.1) is 0 Å². The third-order valence-corrected chi connectivity index (χ3v) is 3.25. The van der Waals surface area contributed by atoms with E-state index in [1.54, 1.807) is 18.2 Å². The molecule has 1 aromatic carbocycles. The van der Waals surface area contributed by atoms with Gasteiger partial charge in [-0.2, -0.15) is 0 Å². The van der Waals surface area contributed by atoms with Gasteiger partial charge in [-0.05, 0) is 30.5 Å². The van der Waals surface area contributed by atoms with E-state index < -0.39 is 12.0 Å². The average Bonchev–Trinajstić information content (AvgIpc) is 2.59. The first-order valence-corrected chi connectivity index (χ1v) is 7.04. The fraction of sp³-hybridized carbons (Fsp3) is 0.235. The van der Waals surface area contributed by atoms with Crippen LogP contribution < -0.4 is 5.32 Å². The lowest BCUT2D eigenvalue weighted by Gasteiger charge is -2.16. The Hall–Kier alpha value is -2.69. The second kappa shape index (κ2) is 7.93. The molecule has 0 aliphatic rings. The van der Waals surface area contributed by atoms with Crippen molar-refractivity contribution in [1.82, 2.24) is 10.3 Å². The van der Waals surface area contributed by atoms with Crippen molar-refractivity contribution < 1.29 is 14.3 Å². The first kappa shape index (κ1) is 15.7. The van der Waals surface area contributed by atoms with E-state index in [1.165, 1.54) is 13.3 Å². The zero-order valence-corrected chi connectivity index (χ0v) is 12.4. The van der Waals surface area contributed by atoms with E-state index in [4.69, 9.17) is 4.74 Å². The van der Waals surface area contributed by atoms with Gasteiger partial charge in [-0.3, -0.25) is 9.78 Å². The van der Waals surface area contributed by atoms with Gasteiger partial charge < -0.3 is 10.1 Å². The number of carbonyl (C=O) groups excluding carboxylic acids is 2. The van der Waals surface area contributed by atoms with Gasteiger partial charge in [0, 0.05) is 6.20 Å². The fourth-order valence-electron chi connectivity index (χ4n) is 2.08. The van der Waals surface area contributed by atoms with E-state index in [2.05, 4.69) is 10.3 Å². The van der Waals surface area contributed by atoms with Crippen LogP contribution in [-0.2, 0) is 16.0 Å². The number of hydrogen-bond acceptors (Lipinski definition) is 4. The fourth-order valence-corrected chi connectivity index (χ4v) is 2.08. The molecular formula is C17H18N2O3. The Bertz CT molecular complexity index is 614. The molecule has 0 radical (unpaired) electrons. The number of aryl methyl sites for hydroxylation is 1. The summed E-state index contributed by atoms with van der Waals surface area (Å²) in [7, 11) is 1.31. The number of benzene rings is 1. The minimum Gasteiger partial charge on any atom is -0.467 e. The molecule has 1 heterocycles. The number of esters is 1. The van der Waals surface area contributed by atoms with Crippen LogP contribution in [0.5, 0.6) is 0 Å². The van der Waals surface area contributed by atoms with Crippen molar-refractivity contribution in [3.05, 3.63) is 66.0 Å². The van der Waals surface area contributed by atoms with E-state index in [0.29, 0.717) is 12.8 Å². The molecule has 2 aromatic rings. The van der Waals surface area contributed by atoms with Gasteiger partial charge in [0.2, 0.25) is 0 Å². The second-order valence-corrected chi connectivity index (χ2v) is 4.79. The van der Waals surface area contributed by atoms with Crippen molar-refractivity contribution in [3.63, 3.8) is 0 Å². The quantitative estimate of drug-likeness (QED) is 0.828. The molecule has 114 valence electrons. The number of methoxy groups -OCH3 is 1. The van der Waals surface area contributed by atoms with Crippen molar-refractivity contribution in [3.8, 4) is 0 Å². The summed E-state index contributed by atoms with van der Waals surface area (Å²) in [6.07, 6.45) is 2.67. The van der Waals surface area contributed by atoms with Crippen LogP contribution in [0.15, 0.2) is 54.7 Å². The summed E-state index contributed by atoms with van der Waals surface area (Å²) in [5, 5.41) is 2.68. The van der Waals surface area contributed by atoms with Crippen molar-refractivity contribution >= 4 is 11.9 Å². The number of nitrogens with zero attached hydrogens (tertiary/aromatic N) is 1. The Morgan fingerprint density at radius 3 is 2.50 bits per heavy atom. The van der Waals surface area contributed by atoms with Crippen LogP contribution in [0.4, 0.5) is 0 Å². The predicted octanol–water partition coefficient (Wildman–Crippen LogP) is 1.99. The maximum atomic E-state index is 12.1. The third-order valence-electron chi connectivity index (χ3n) is 3.25. The maximum Gasteiger partial charge on any atom is 0.328 e. The Kier molecular flexibility index (Phi) is 5.65. The number of nitrogens with one attached hydrogen (secondary N) is 1. The number of hydrogen-bond donors (Lipinski definition) is 1. The van der Waals surface area contributed by atoms with Gasteiger partial charge in [0.05, 0.1) is 7.11 Å². The maximum absolute atomic E-state index is 12.1. The third kappa shape index (κ3) is 4.41. The highest BCUT2D eigenvalue weighted by Gasteiger charge is 2.22.